The van der Waals surface area contributed by atoms with Crippen molar-refractivity contribution >= 4 is 21.6 Å². The monoisotopic (exact) mass is 398 g/mol. The molecule has 11 heteroatoms. The van der Waals surface area contributed by atoms with Gasteiger partial charge in [-0.25, -0.2) is 13.6 Å². The van der Waals surface area contributed by atoms with Crippen LogP contribution >= 0.6 is 0 Å². The number of hydrogen-bond acceptors (Lipinski definition) is 5. The van der Waals surface area contributed by atoms with E-state index in [1.807, 2.05) is 0 Å². The molecule has 2 rings (SSSR count). The predicted octanol–water partition coefficient (Wildman–Crippen LogP) is 2.12. The number of halogens is 3. The third-order valence-electron chi connectivity index (χ3n) is 3.35. The van der Waals surface area contributed by atoms with Gasteiger partial charge in [-0.1, -0.05) is 12.1 Å². The number of carbonyl (C=O) groups excluding carboxylic acids is 1. The maximum absolute atomic E-state index is 13.1. The summed E-state index contributed by atoms with van der Waals surface area (Å²) in [6, 6.07) is 9.81. The van der Waals surface area contributed by atoms with Crippen molar-refractivity contribution in [3.63, 3.8) is 0 Å². The Balaban J connectivity index is 2.13. The van der Waals surface area contributed by atoms with E-state index in [1.165, 1.54) is 30.3 Å². The van der Waals surface area contributed by atoms with E-state index in [-0.39, 0.29) is 11.1 Å². The first-order valence-electron chi connectivity index (χ1n) is 7.27. The fourth-order valence-electron chi connectivity index (χ4n) is 2.14. The van der Waals surface area contributed by atoms with Crippen molar-refractivity contribution in [3.05, 3.63) is 64.7 Å². The van der Waals surface area contributed by atoms with E-state index in [9.17, 15) is 26.4 Å². The summed E-state index contributed by atoms with van der Waals surface area (Å²) in [7, 11) is -3.72. The second-order valence-corrected chi connectivity index (χ2v) is 7.07. The summed E-state index contributed by atoms with van der Waals surface area (Å²) in [5, 5.41) is 13.6. The highest BCUT2D eigenvalue weighted by atomic mass is 32.2. The molecule has 0 aliphatic rings. The minimum atomic E-state index is -4.73. The number of nitrogens with one attached hydrogen (secondary N) is 2. The van der Waals surface area contributed by atoms with Crippen LogP contribution in [-0.4, -0.2) is 14.3 Å². The predicted molar refractivity (Wildman–Crippen MR) is 90.5 cm³/mol. The van der Waals surface area contributed by atoms with Crippen LogP contribution in [-0.2, 0) is 22.0 Å². The summed E-state index contributed by atoms with van der Waals surface area (Å²) < 4.78 is 61.2. The Morgan fingerprint density at radius 1 is 1.15 bits per heavy atom. The van der Waals surface area contributed by atoms with E-state index in [0.717, 1.165) is 6.07 Å². The Morgan fingerprint density at radius 3 is 2.30 bits per heavy atom. The lowest BCUT2D eigenvalue weighted by Gasteiger charge is -2.15. The summed E-state index contributed by atoms with van der Waals surface area (Å²) in [5.74, 6) is -1.15. The quantitative estimate of drug-likeness (QED) is 0.666. The zero-order valence-corrected chi connectivity index (χ0v) is 14.4. The number of alkyl halides is 3. The number of carbonyl (C=O) groups is 1. The van der Waals surface area contributed by atoms with Gasteiger partial charge in [-0.05, 0) is 35.9 Å². The van der Waals surface area contributed by atoms with Crippen molar-refractivity contribution in [1.29, 1.82) is 5.26 Å². The minimum Gasteiger partial charge on any atom is -0.298 e. The molecule has 7 nitrogen and oxygen atoms in total. The molecule has 1 amide bonds. The van der Waals surface area contributed by atoms with E-state index in [4.69, 9.17) is 10.4 Å². The van der Waals surface area contributed by atoms with Crippen molar-refractivity contribution in [2.24, 2.45) is 5.14 Å². The molecule has 142 valence electrons. The van der Waals surface area contributed by atoms with Gasteiger partial charge in [-0.2, -0.15) is 18.4 Å². The lowest BCUT2D eigenvalue weighted by Crippen LogP contribution is -2.30. The van der Waals surface area contributed by atoms with Gasteiger partial charge in [0.2, 0.25) is 10.0 Å². The van der Waals surface area contributed by atoms with Crippen LogP contribution in [0.1, 0.15) is 27.0 Å². The molecule has 0 radical (unpaired) electrons. The molecule has 0 saturated carbocycles. The summed E-state index contributed by atoms with van der Waals surface area (Å²) in [6.45, 7) is 0. The van der Waals surface area contributed by atoms with Crippen LogP contribution in [0.3, 0.4) is 0 Å². The van der Waals surface area contributed by atoms with Gasteiger partial charge >= 0.3 is 6.18 Å². The van der Waals surface area contributed by atoms with Crippen LogP contribution in [0.4, 0.5) is 18.9 Å². The second kappa shape index (κ2) is 7.65. The van der Waals surface area contributed by atoms with Gasteiger partial charge in [-0.3, -0.25) is 15.6 Å². The molecule has 0 heterocycles. The van der Waals surface area contributed by atoms with E-state index in [1.54, 1.807) is 6.07 Å². The van der Waals surface area contributed by atoms with Crippen LogP contribution in [0.15, 0.2) is 42.5 Å². The van der Waals surface area contributed by atoms with Gasteiger partial charge in [0.15, 0.2) is 0 Å². The van der Waals surface area contributed by atoms with Crippen molar-refractivity contribution in [2.75, 3.05) is 5.43 Å². The average Bonchev–Trinajstić information content (AvgIpc) is 2.58. The molecular weight excluding hydrogens is 385 g/mol. The summed E-state index contributed by atoms with van der Waals surface area (Å²) >= 11 is 0. The number of hydrogen-bond donors (Lipinski definition) is 3. The van der Waals surface area contributed by atoms with Crippen molar-refractivity contribution in [3.8, 4) is 6.07 Å². The number of nitriles is 1. The Bertz CT molecular complexity index is 997. The number of rotatable bonds is 5. The molecule has 0 fully saturated rings. The van der Waals surface area contributed by atoms with Gasteiger partial charge < -0.3 is 0 Å². The number of hydrazine groups is 1. The smallest absolute Gasteiger partial charge is 0.298 e. The van der Waals surface area contributed by atoms with E-state index in [2.05, 4.69) is 10.9 Å². The molecule has 2 aromatic carbocycles. The lowest BCUT2D eigenvalue weighted by molar-refractivity contribution is -0.137. The minimum absolute atomic E-state index is 0.0860. The molecule has 27 heavy (non-hydrogen) atoms. The molecule has 0 saturated heterocycles. The first-order chi connectivity index (χ1) is 12.5. The summed E-state index contributed by atoms with van der Waals surface area (Å²) in [5.41, 5.74) is 3.02. The molecular formula is C16H13F3N4O3S. The van der Waals surface area contributed by atoms with Gasteiger partial charge in [0, 0.05) is 5.56 Å². The number of amides is 1. The van der Waals surface area contributed by atoms with E-state index < -0.39 is 39.1 Å². The molecule has 0 spiro atoms. The molecule has 2 aromatic rings. The topological polar surface area (TPSA) is 125 Å². The average molecular weight is 398 g/mol. The number of nitrogens with two attached hydrogens (primary N) is 1. The fourth-order valence-corrected chi connectivity index (χ4v) is 2.80. The first-order valence-corrected chi connectivity index (χ1v) is 8.98. The van der Waals surface area contributed by atoms with Crippen LogP contribution in [0.2, 0.25) is 0 Å². The van der Waals surface area contributed by atoms with E-state index >= 15 is 0 Å². The molecule has 0 aromatic heterocycles. The van der Waals surface area contributed by atoms with Crippen LogP contribution in [0.25, 0.3) is 0 Å². The second-order valence-electron chi connectivity index (χ2n) is 5.45. The standard InChI is InChI=1S/C16H13F3N4O3S/c17-16(18,19)13-7-11(8-20)3-6-14(13)22-23-15(24)12-4-1-10(2-5-12)9-27(21,25)26/h1-7,22H,9H2,(H,23,24)(H2,21,25,26). The Labute approximate surface area is 152 Å². The summed E-state index contributed by atoms with van der Waals surface area (Å²) in [4.78, 5) is 12.0. The van der Waals surface area contributed by atoms with Crippen molar-refractivity contribution < 1.29 is 26.4 Å². The summed E-state index contributed by atoms with van der Waals surface area (Å²) in [6.07, 6.45) is -4.73. The normalized spacial score (nSPS) is 11.5. The zero-order valence-electron chi connectivity index (χ0n) is 13.5. The van der Waals surface area contributed by atoms with Crippen LogP contribution < -0.4 is 16.0 Å². The Kier molecular flexibility index (Phi) is 5.72. The molecule has 0 aliphatic carbocycles. The third kappa shape index (κ3) is 5.70. The number of benzene rings is 2. The Morgan fingerprint density at radius 2 is 1.78 bits per heavy atom. The maximum Gasteiger partial charge on any atom is 0.418 e. The van der Waals surface area contributed by atoms with E-state index in [0.29, 0.717) is 11.6 Å². The largest absolute Gasteiger partial charge is 0.418 e. The lowest BCUT2D eigenvalue weighted by atomic mass is 10.1. The van der Waals surface area contributed by atoms with Crippen LogP contribution in [0.5, 0.6) is 0 Å². The SMILES string of the molecule is N#Cc1ccc(NNC(=O)c2ccc(CS(N)(=O)=O)cc2)c(C(F)(F)F)c1. The number of primary sulfonamides is 1. The van der Waals surface area contributed by atoms with Crippen molar-refractivity contribution in [2.45, 2.75) is 11.9 Å². The number of anilines is 1. The first kappa shape index (κ1) is 20.2. The number of nitrogens with zero attached hydrogens (tertiary/aromatic N) is 1. The molecule has 0 unspecified atom stereocenters. The number of sulfonamides is 1. The highest BCUT2D eigenvalue weighted by Crippen LogP contribution is 2.35. The zero-order chi connectivity index (χ0) is 20.2. The molecule has 0 aliphatic heterocycles. The highest BCUT2D eigenvalue weighted by Gasteiger charge is 2.34. The van der Waals surface area contributed by atoms with Gasteiger partial charge in [0.25, 0.3) is 5.91 Å². The maximum atomic E-state index is 13.1. The van der Waals surface area contributed by atoms with Crippen LogP contribution in [0, 0.1) is 11.3 Å². The Hall–Kier alpha value is -3.10. The molecule has 0 atom stereocenters. The highest BCUT2D eigenvalue weighted by molar-refractivity contribution is 7.88. The van der Waals surface area contributed by atoms with Gasteiger partial charge in [0.05, 0.1) is 28.6 Å². The van der Waals surface area contributed by atoms with Gasteiger partial charge in [0.1, 0.15) is 0 Å². The molecule has 0 bridgehead atoms. The third-order valence-corrected chi connectivity index (χ3v) is 4.08. The fraction of sp³-hybridized carbons (Fsp3) is 0.125. The van der Waals surface area contributed by atoms with Crippen molar-refractivity contribution in [1.82, 2.24) is 5.43 Å². The van der Waals surface area contributed by atoms with Gasteiger partial charge in [-0.15, -0.1) is 0 Å². The molecule has 4 N–H and O–H groups in total.